The Bertz CT molecular complexity index is 1250. The Labute approximate surface area is 208 Å². The molecule has 4 aromatic rings. The lowest BCUT2D eigenvalue weighted by Gasteiger charge is -2.40. The van der Waals surface area contributed by atoms with E-state index in [1.165, 1.54) is 27.8 Å². The van der Waals surface area contributed by atoms with Gasteiger partial charge in [-0.2, -0.15) is 0 Å². The van der Waals surface area contributed by atoms with Crippen LogP contribution in [0.3, 0.4) is 0 Å². The summed E-state index contributed by atoms with van der Waals surface area (Å²) in [7, 11) is 0. The van der Waals surface area contributed by atoms with Crippen LogP contribution in [-0.4, -0.2) is 46.5 Å². The molecule has 1 aromatic heterocycles. The molecule has 2 heterocycles. The quantitative estimate of drug-likeness (QED) is 0.349. The lowest BCUT2D eigenvalue weighted by molar-refractivity contribution is -0.133. The van der Waals surface area contributed by atoms with Crippen LogP contribution in [0.5, 0.6) is 0 Å². The summed E-state index contributed by atoms with van der Waals surface area (Å²) in [6.45, 7) is 10.3. The Morgan fingerprint density at radius 3 is 1.89 bits per heavy atom. The van der Waals surface area contributed by atoms with E-state index in [0.29, 0.717) is 12.5 Å². The Balaban J connectivity index is 1.33. The topological polar surface area (TPSA) is 28.5 Å². The maximum Gasteiger partial charge on any atom is 0.242 e. The zero-order valence-electron chi connectivity index (χ0n) is 21.0. The molecule has 1 aliphatic rings. The molecule has 0 aliphatic carbocycles. The lowest BCUT2D eigenvalue weighted by atomic mass is 9.96. The van der Waals surface area contributed by atoms with Gasteiger partial charge in [0.1, 0.15) is 6.54 Å². The van der Waals surface area contributed by atoms with Crippen molar-refractivity contribution in [3.8, 4) is 0 Å². The summed E-state index contributed by atoms with van der Waals surface area (Å²) in [5.41, 5.74) is 6.32. The Morgan fingerprint density at radius 1 is 0.771 bits per heavy atom. The molecule has 0 radical (unpaired) electrons. The summed E-state index contributed by atoms with van der Waals surface area (Å²) in [5, 5.41) is 1.27. The van der Waals surface area contributed by atoms with Crippen molar-refractivity contribution in [2.24, 2.45) is 0 Å². The standard InChI is InChI=1S/C31H35N3O/c1-23(2)30-24(3)34(28-17-11-10-16-27(28)30)22-29(35)32-18-20-33(21-19-32)31(25-12-6-4-7-13-25)26-14-8-5-9-15-26/h4-17,23,31H,18-22H2,1-3H3. The maximum atomic E-state index is 13.4. The van der Waals surface area contributed by atoms with Gasteiger partial charge in [-0.25, -0.2) is 0 Å². The molecule has 4 heteroatoms. The van der Waals surface area contributed by atoms with E-state index in [1.807, 2.05) is 4.90 Å². The molecule has 0 bridgehead atoms. The van der Waals surface area contributed by atoms with Gasteiger partial charge in [-0.15, -0.1) is 0 Å². The molecule has 1 aliphatic heterocycles. The number of nitrogens with zero attached hydrogens (tertiary/aromatic N) is 3. The number of amides is 1. The number of para-hydroxylation sites is 1. The molecule has 0 spiro atoms. The van der Waals surface area contributed by atoms with Crippen LogP contribution in [0.4, 0.5) is 0 Å². The van der Waals surface area contributed by atoms with E-state index in [2.05, 4.69) is 115 Å². The van der Waals surface area contributed by atoms with Crippen LogP contribution < -0.4 is 0 Å². The number of carbonyl (C=O) groups excluding carboxylic acids is 1. The normalized spacial score (nSPS) is 14.8. The molecule has 0 atom stereocenters. The van der Waals surface area contributed by atoms with Crippen LogP contribution in [0.25, 0.3) is 10.9 Å². The molecule has 180 valence electrons. The molecule has 1 amide bonds. The second kappa shape index (κ2) is 10.1. The number of fused-ring (bicyclic) bond motifs is 1. The molecule has 1 saturated heterocycles. The fourth-order valence-corrected chi connectivity index (χ4v) is 5.74. The zero-order chi connectivity index (χ0) is 24.4. The van der Waals surface area contributed by atoms with Gasteiger partial charge in [-0.3, -0.25) is 9.69 Å². The molecule has 0 N–H and O–H groups in total. The van der Waals surface area contributed by atoms with Crippen molar-refractivity contribution in [3.63, 3.8) is 0 Å². The molecule has 4 nitrogen and oxygen atoms in total. The predicted molar refractivity (Wildman–Crippen MR) is 144 cm³/mol. The molecule has 35 heavy (non-hydrogen) atoms. The maximum absolute atomic E-state index is 13.4. The number of benzene rings is 3. The van der Waals surface area contributed by atoms with Crippen molar-refractivity contribution < 1.29 is 4.79 Å². The summed E-state index contributed by atoms with van der Waals surface area (Å²) >= 11 is 0. The summed E-state index contributed by atoms with van der Waals surface area (Å²) in [4.78, 5) is 18.0. The van der Waals surface area contributed by atoms with Crippen molar-refractivity contribution >= 4 is 16.8 Å². The SMILES string of the molecule is Cc1c(C(C)C)c2ccccc2n1CC(=O)N1CCN(C(c2ccccc2)c2ccccc2)CC1. The first-order valence-electron chi connectivity index (χ1n) is 12.7. The number of hydrogen-bond acceptors (Lipinski definition) is 2. The van der Waals surface area contributed by atoms with Crippen molar-refractivity contribution in [1.29, 1.82) is 0 Å². The molecule has 3 aromatic carbocycles. The average Bonchev–Trinajstić information content (AvgIpc) is 3.17. The van der Waals surface area contributed by atoms with Crippen LogP contribution in [0.15, 0.2) is 84.9 Å². The van der Waals surface area contributed by atoms with Crippen LogP contribution in [-0.2, 0) is 11.3 Å². The largest absolute Gasteiger partial charge is 0.339 e. The van der Waals surface area contributed by atoms with Gasteiger partial charge in [0.15, 0.2) is 0 Å². The molecule has 1 fully saturated rings. The van der Waals surface area contributed by atoms with E-state index < -0.39 is 0 Å². The third kappa shape index (κ3) is 4.63. The summed E-state index contributed by atoms with van der Waals surface area (Å²) in [6, 6.07) is 30.1. The molecule has 0 saturated carbocycles. The van der Waals surface area contributed by atoms with Gasteiger partial charge >= 0.3 is 0 Å². The van der Waals surface area contributed by atoms with E-state index in [4.69, 9.17) is 0 Å². The second-order valence-corrected chi connectivity index (χ2v) is 9.90. The molecular formula is C31H35N3O. The Hall–Kier alpha value is -3.37. The van der Waals surface area contributed by atoms with E-state index in [9.17, 15) is 4.79 Å². The van der Waals surface area contributed by atoms with Crippen LogP contribution in [0.2, 0.25) is 0 Å². The minimum absolute atomic E-state index is 0.207. The summed E-state index contributed by atoms with van der Waals surface area (Å²) in [5.74, 6) is 0.632. The third-order valence-corrected chi connectivity index (χ3v) is 7.41. The smallest absolute Gasteiger partial charge is 0.242 e. The first-order chi connectivity index (χ1) is 17.0. The fourth-order valence-electron chi connectivity index (χ4n) is 5.74. The number of piperazine rings is 1. The van der Waals surface area contributed by atoms with Crippen molar-refractivity contribution in [2.45, 2.75) is 39.3 Å². The van der Waals surface area contributed by atoms with E-state index in [1.54, 1.807) is 0 Å². The Kier molecular flexibility index (Phi) is 6.74. The predicted octanol–water partition coefficient (Wildman–Crippen LogP) is 6.01. The molecule has 5 rings (SSSR count). The van der Waals surface area contributed by atoms with Gasteiger partial charge in [0.25, 0.3) is 0 Å². The van der Waals surface area contributed by atoms with E-state index >= 15 is 0 Å². The second-order valence-electron chi connectivity index (χ2n) is 9.90. The van der Waals surface area contributed by atoms with Gasteiger partial charge in [0.05, 0.1) is 6.04 Å². The van der Waals surface area contributed by atoms with Crippen molar-refractivity contribution in [2.75, 3.05) is 26.2 Å². The minimum Gasteiger partial charge on any atom is -0.339 e. The number of carbonyl (C=O) groups is 1. The Morgan fingerprint density at radius 2 is 1.31 bits per heavy atom. The summed E-state index contributed by atoms with van der Waals surface area (Å²) in [6.07, 6.45) is 0. The van der Waals surface area contributed by atoms with Gasteiger partial charge in [-0.05, 0) is 35.6 Å². The van der Waals surface area contributed by atoms with Gasteiger partial charge in [-0.1, -0.05) is 92.7 Å². The number of hydrogen-bond donors (Lipinski definition) is 0. The summed E-state index contributed by atoms with van der Waals surface area (Å²) < 4.78 is 2.22. The van der Waals surface area contributed by atoms with Crippen molar-refractivity contribution in [1.82, 2.24) is 14.4 Å². The van der Waals surface area contributed by atoms with Crippen LogP contribution >= 0.6 is 0 Å². The third-order valence-electron chi connectivity index (χ3n) is 7.41. The average molecular weight is 466 g/mol. The first-order valence-corrected chi connectivity index (χ1v) is 12.7. The highest BCUT2D eigenvalue weighted by Gasteiger charge is 2.28. The van der Waals surface area contributed by atoms with Crippen LogP contribution in [0, 0.1) is 6.92 Å². The van der Waals surface area contributed by atoms with Crippen LogP contribution in [0.1, 0.15) is 48.2 Å². The number of rotatable bonds is 6. The highest BCUT2D eigenvalue weighted by atomic mass is 16.2. The van der Waals surface area contributed by atoms with E-state index in [-0.39, 0.29) is 11.9 Å². The van der Waals surface area contributed by atoms with Gasteiger partial charge in [0.2, 0.25) is 5.91 Å². The highest BCUT2D eigenvalue weighted by molar-refractivity contribution is 5.88. The zero-order valence-corrected chi connectivity index (χ0v) is 21.0. The van der Waals surface area contributed by atoms with Gasteiger partial charge < -0.3 is 9.47 Å². The molecular weight excluding hydrogens is 430 g/mol. The lowest BCUT2D eigenvalue weighted by Crippen LogP contribution is -2.50. The minimum atomic E-state index is 0.207. The fraction of sp³-hybridized carbons (Fsp3) is 0.323. The van der Waals surface area contributed by atoms with E-state index in [0.717, 1.165) is 31.7 Å². The van der Waals surface area contributed by atoms with Gasteiger partial charge in [0, 0.05) is 42.8 Å². The van der Waals surface area contributed by atoms with Crippen molar-refractivity contribution in [3.05, 3.63) is 107 Å². The monoisotopic (exact) mass is 465 g/mol. The molecule has 0 unspecified atom stereocenters. The highest BCUT2D eigenvalue weighted by Crippen LogP contribution is 2.32. The number of aromatic nitrogens is 1. The first kappa shape index (κ1) is 23.4.